The highest BCUT2D eigenvalue weighted by molar-refractivity contribution is 9.10. The average molecular weight is 330 g/mol. The zero-order valence-electron chi connectivity index (χ0n) is 10.6. The number of hydrogen-bond acceptors (Lipinski definition) is 3. The Morgan fingerprint density at radius 2 is 2.11 bits per heavy atom. The van der Waals surface area contributed by atoms with E-state index in [-0.39, 0.29) is 11.6 Å². The van der Waals surface area contributed by atoms with Crippen molar-refractivity contribution in [3.63, 3.8) is 0 Å². The van der Waals surface area contributed by atoms with Gasteiger partial charge in [0.05, 0.1) is 11.3 Å². The van der Waals surface area contributed by atoms with E-state index in [9.17, 15) is 9.18 Å². The number of rotatable bonds is 4. The maximum absolute atomic E-state index is 13.2. The quantitative estimate of drug-likeness (QED) is 0.830. The molecular formula is C13H17BrFN3O. The molecule has 1 amide bonds. The highest BCUT2D eigenvalue weighted by atomic mass is 79.9. The Hall–Kier alpha value is -1.14. The van der Waals surface area contributed by atoms with Gasteiger partial charge in [-0.25, -0.2) is 4.39 Å². The van der Waals surface area contributed by atoms with Crippen LogP contribution in [-0.4, -0.2) is 37.0 Å². The van der Waals surface area contributed by atoms with Crippen LogP contribution in [-0.2, 0) is 0 Å². The van der Waals surface area contributed by atoms with Crippen molar-refractivity contribution < 1.29 is 9.18 Å². The molecule has 1 aromatic carbocycles. The normalized spacial score (nSPS) is 15.7. The number of hydrogen-bond donors (Lipinski definition) is 2. The Balaban J connectivity index is 1.90. The molecule has 3 N–H and O–H groups in total. The van der Waals surface area contributed by atoms with E-state index in [1.165, 1.54) is 25.0 Å². The van der Waals surface area contributed by atoms with Crippen molar-refractivity contribution >= 4 is 27.5 Å². The molecule has 19 heavy (non-hydrogen) atoms. The maximum Gasteiger partial charge on any atom is 0.252 e. The van der Waals surface area contributed by atoms with Gasteiger partial charge in [0.2, 0.25) is 0 Å². The molecule has 0 spiro atoms. The van der Waals surface area contributed by atoms with E-state index in [2.05, 4.69) is 26.1 Å². The number of amides is 1. The average Bonchev–Trinajstić information content (AvgIpc) is 2.86. The summed E-state index contributed by atoms with van der Waals surface area (Å²) in [5.41, 5.74) is 5.81. The van der Waals surface area contributed by atoms with Crippen LogP contribution in [0.3, 0.4) is 0 Å². The van der Waals surface area contributed by atoms with E-state index >= 15 is 0 Å². The second kappa shape index (κ2) is 6.34. The van der Waals surface area contributed by atoms with Gasteiger partial charge in [-0.15, -0.1) is 0 Å². The molecule has 0 aliphatic carbocycles. The molecule has 1 aliphatic rings. The summed E-state index contributed by atoms with van der Waals surface area (Å²) in [5.74, 6) is -0.765. The number of likely N-dealkylation sites (tertiary alicyclic amines) is 1. The number of nitrogens with two attached hydrogens (primary N) is 1. The fraction of sp³-hybridized carbons (Fsp3) is 0.462. The molecule has 1 fully saturated rings. The first-order valence-corrected chi connectivity index (χ1v) is 7.12. The molecule has 0 unspecified atom stereocenters. The lowest BCUT2D eigenvalue weighted by molar-refractivity contribution is 0.0949. The molecule has 0 radical (unpaired) electrons. The Labute approximate surface area is 120 Å². The molecule has 0 aromatic heterocycles. The van der Waals surface area contributed by atoms with E-state index in [0.29, 0.717) is 16.6 Å². The molecule has 1 heterocycles. The summed E-state index contributed by atoms with van der Waals surface area (Å²) >= 11 is 3.17. The maximum atomic E-state index is 13.2. The Morgan fingerprint density at radius 1 is 1.42 bits per heavy atom. The molecule has 0 saturated carbocycles. The lowest BCUT2D eigenvalue weighted by atomic mass is 10.2. The monoisotopic (exact) mass is 329 g/mol. The number of benzene rings is 1. The number of nitrogens with zero attached hydrogens (tertiary/aromatic N) is 1. The molecule has 1 saturated heterocycles. The molecule has 4 nitrogen and oxygen atoms in total. The third-order valence-electron chi connectivity index (χ3n) is 3.24. The van der Waals surface area contributed by atoms with Crippen molar-refractivity contribution in [2.75, 3.05) is 31.9 Å². The van der Waals surface area contributed by atoms with Gasteiger partial charge >= 0.3 is 0 Å². The molecule has 0 atom stereocenters. The Morgan fingerprint density at radius 3 is 2.79 bits per heavy atom. The summed E-state index contributed by atoms with van der Waals surface area (Å²) in [7, 11) is 0. The predicted molar refractivity (Wildman–Crippen MR) is 76.5 cm³/mol. The lowest BCUT2D eigenvalue weighted by Gasteiger charge is -2.15. The van der Waals surface area contributed by atoms with Crippen LogP contribution in [0.5, 0.6) is 0 Å². The summed E-state index contributed by atoms with van der Waals surface area (Å²) in [5, 5.41) is 2.82. The fourth-order valence-electron chi connectivity index (χ4n) is 2.17. The topological polar surface area (TPSA) is 58.4 Å². The SMILES string of the molecule is Nc1cc(C(=O)NCCN2CCCC2)c(Br)cc1F. The zero-order chi connectivity index (χ0) is 13.8. The van der Waals surface area contributed by atoms with Crippen LogP contribution in [0.25, 0.3) is 0 Å². The van der Waals surface area contributed by atoms with Gasteiger partial charge < -0.3 is 16.0 Å². The molecule has 1 aliphatic heterocycles. The minimum absolute atomic E-state index is 0.0205. The highest BCUT2D eigenvalue weighted by Crippen LogP contribution is 2.22. The predicted octanol–water partition coefficient (Wildman–Crippen LogP) is 2.00. The van der Waals surface area contributed by atoms with Crippen LogP contribution in [0.15, 0.2) is 16.6 Å². The van der Waals surface area contributed by atoms with E-state index < -0.39 is 5.82 Å². The van der Waals surface area contributed by atoms with Crippen molar-refractivity contribution in [1.29, 1.82) is 0 Å². The van der Waals surface area contributed by atoms with Crippen LogP contribution >= 0.6 is 15.9 Å². The summed E-state index contributed by atoms with van der Waals surface area (Å²) in [6.07, 6.45) is 2.46. The molecular weight excluding hydrogens is 313 g/mol. The second-order valence-corrected chi connectivity index (χ2v) is 5.51. The standard InChI is InChI=1S/C13H17BrFN3O/c14-10-8-11(15)12(16)7-9(10)13(19)17-3-6-18-4-1-2-5-18/h7-8H,1-6,16H2,(H,17,19). The van der Waals surface area contributed by atoms with Gasteiger partial charge in [-0.05, 0) is 54.0 Å². The van der Waals surface area contributed by atoms with Gasteiger partial charge in [0.15, 0.2) is 0 Å². The zero-order valence-corrected chi connectivity index (χ0v) is 12.2. The number of halogens is 2. The van der Waals surface area contributed by atoms with Gasteiger partial charge in [0.1, 0.15) is 5.82 Å². The largest absolute Gasteiger partial charge is 0.396 e. The van der Waals surface area contributed by atoms with Crippen molar-refractivity contribution in [3.05, 3.63) is 28.0 Å². The van der Waals surface area contributed by atoms with Gasteiger partial charge in [0.25, 0.3) is 5.91 Å². The molecule has 1 aromatic rings. The van der Waals surface area contributed by atoms with Crippen LogP contribution in [0.2, 0.25) is 0 Å². The first-order valence-electron chi connectivity index (χ1n) is 6.33. The minimum Gasteiger partial charge on any atom is -0.396 e. The van der Waals surface area contributed by atoms with E-state index in [0.717, 1.165) is 19.6 Å². The lowest BCUT2D eigenvalue weighted by Crippen LogP contribution is -2.33. The Kier molecular flexibility index (Phi) is 4.76. The summed E-state index contributed by atoms with van der Waals surface area (Å²) in [4.78, 5) is 14.3. The second-order valence-electron chi connectivity index (χ2n) is 4.66. The molecule has 6 heteroatoms. The fourth-order valence-corrected chi connectivity index (χ4v) is 2.66. The van der Waals surface area contributed by atoms with Crippen LogP contribution < -0.4 is 11.1 Å². The van der Waals surface area contributed by atoms with Gasteiger partial charge in [-0.3, -0.25) is 4.79 Å². The summed E-state index contributed by atoms with van der Waals surface area (Å²) in [6, 6.07) is 2.56. The van der Waals surface area contributed by atoms with E-state index in [1.54, 1.807) is 0 Å². The van der Waals surface area contributed by atoms with Crippen molar-refractivity contribution in [1.82, 2.24) is 10.2 Å². The van der Waals surface area contributed by atoms with Crippen LogP contribution in [0.1, 0.15) is 23.2 Å². The number of carbonyl (C=O) groups excluding carboxylic acids is 1. The van der Waals surface area contributed by atoms with Crippen LogP contribution in [0.4, 0.5) is 10.1 Å². The summed E-state index contributed by atoms with van der Waals surface area (Å²) in [6.45, 7) is 3.63. The van der Waals surface area contributed by atoms with Crippen LogP contribution in [0, 0.1) is 5.82 Å². The third kappa shape index (κ3) is 3.67. The number of carbonyl (C=O) groups is 1. The first kappa shape index (κ1) is 14.3. The molecule has 2 rings (SSSR count). The van der Waals surface area contributed by atoms with Crippen molar-refractivity contribution in [2.24, 2.45) is 0 Å². The molecule has 0 bridgehead atoms. The summed E-state index contributed by atoms with van der Waals surface area (Å²) < 4.78 is 13.6. The Bertz CT molecular complexity index is 475. The van der Waals surface area contributed by atoms with Gasteiger partial charge in [-0.1, -0.05) is 0 Å². The number of nitrogen functional groups attached to an aromatic ring is 1. The van der Waals surface area contributed by atoms with E-state index in [1.807, 2.05) is 0 Å². The van der Waals surface area contributed by atoms with Crippen molar-refractivity contribution in [2.45, 2.75) is 12.8 Å². The first-order chi connectivity index (χ1) is 9.08. The van der Waals surface area contributed by atoms with E-state index in [4.69, 9.17) is 5.73 Å². The minimum atomic E-state index is -0.527. The third-order valence-corrected chi connectivity index (χ3v) is 3.90. The number of nitrogens with one attached hydrogen (secondary N) is 1. The highest BCUT2D eigenvalue weighted by Gasteiger charge is 2.14. The smallest absolute Gasteiger partial charge is 0.252 e. The van der Waals surface area contributed by atoms with Gasteiger partial charge in [-0.2, -0.15) is 0 Å². The molecule has 104 valence electrons. The number of anilines is 1. The van der Waals surface area contributed by atoms with Gasteiger partial charge in [0, 0.05) is 17.6 Å². The van der Waals surface area contributed by atoms with Crippen molar-refractivity contribution in [3.8, 4) is 0 Å².